The predicted molar refractivity (Wildman–Crippen MR) is 98.0 cm³/mol. The largest absolute Gasteiger partial charge is 0.465 e. The molecule has 2 aromatic carbocycles. The highest BCUT2D eigenvalue weighted by Crippen LogP contribution is 2.23. The van der Waals surface area contributed by atoms with Crippen LogP contribution in [0, 0.1) is 0 Å². The molecule has 0 saturated carbocycles. The van der Waals surface area contributed by atoms with E-state index >= 15 is 0 Å². The second-order valence-corrected chi connectivity index (χ2v) is 5.86. The highest BCUT2D eigenvalue weighted by Gasteiger charge is 2.26. The lowest BCUT2D eigenvalue weighted by Gasteiger charge is -2.26. The van der Waals surface area contributed by atoms with Crippen molar-refractivity contribution in [1.82, 2.24) is 4.90 Å². The molecule has 0 saturated heterocycles. The molecule has 0 heterocycles. The molecule has 2 aromatic rings. The van der Waals surface area contributed by atoms with Gasteiger partial charge in [-0.1, -0.05) is 67.6 Å². The molecule has 0 radical (unpaired) electrons. The molecular weight excluding hydrogens is 314 g/mol. The van der Waals surface area contributed by atoms with E-state index in [2.05, 4.69) is 0 Å². The standard InChI is InChI=1S/C21H25NO3/c1-3-19(18-13-9-6-10-14-18)21(24)22(16-20(23)25-4-2)15-17-11-7-5-8-12-17/h5-14,19H,3-4,15-16H2,1-2H3. The Labute approximate surface area is 149 Å². The van der Waals surface area contributed by atoms with Gasteiger partial charge in [-0.2, -0.15) is 0 Å². The van der Waals surface area contributed by atoms with Gasteiger partial charge in [-0.05, 0) is 24.5 Å². The van der Waals surface area contributed by atoms with E-state index in [0.29, 0.717) is 19.6 Å². The summed E-state index contributed by atoms with van der Waals surface area (Å²) in [5.74, 6) is -0.695. The summed E-state index contributed by atoms with van der Waals surface area (Å²) in [5, 5.41) is 0. The van der Waals surface area contributed by atoms with Crippen molar-refractivity contribution in [3.63, 3.8) is 0 Å². The maximum Gasteiger partial charge on any atom is 0.325 e. The molecule has 4 heteroatoms. The van der Waals surface area contributed by atoms with Crippen LogP contribution in [0.4, 0.5) is 0 Å². The third-order valence-corrected chi connectivity index (χ3v) is 4.06. The minimum atomic E-state index is -0.380. The van der Waals surface area contributed by atoms with Gasteiger partial charge in [0.05, 0.1) is 12.5 Å². The number of carbonyl (C=O) groups is 2. The van der Waals surface area contributed by atoms with Gasteiger partial charge in [0, 0.05) is 6.54 Å². The van der Waals surface area contributed by atoms with Crippen LogP contribution in [-0.4, -0.2) is 29.9 Å². The number of hydrogen-bond donors (Lipinski definition) is 0. The number of esters is 1. The second-order valence-electron chi connectivity index (χ2n) is 5.86. The van der Waals surface area contributed by atoms with Crippen molar-refractivity contribution in [2.24, 2.45) is 0 Å². The minimum absolute atomic E-state index is 0.0368. The number of nitrogens with zero attached hydrogens (tertiary/aromatic N) is 1. The van der Waals surface area contributed by atoms with E-state index in [9.17, 15) is 9.59 Å². The second kappa shape index (κ2) is 9.62. The van der Waals surface area contributed by atoms with Crippen molar-refractivity contribution >= 4 is 11.9 Å². The summed E-state index contributed by atoms with van der Waals surface area (Å²) >= 11 is 0. The lowest BCUT2D eigenvalue weighted by molar-refractivity contribution is -0.149. The maximum atomic E-state index is 13.1. The Morgan fingerprint density at radius 2 is 1.56 bits per heavy atom. The molecule has 0 N–H and O–H groups in total. The van der Waals surface area contributed by atoms with Gasteiger partial charge in [0.1, 0.15) is 6.54 Å². The fraction of sp³-hybridized carbons (Fsp3) is 0.333. The average molecular weight is 339 g/mol. The smallest absolute Gasteiger partial charge is 0.325 e. The summed E-state index contributed by atoms with van der Waals surface area (Å²) in [4.78, 5) is 26.7. The average Bonchev–Trinajstić information content (AvgIpc) is 2.63. The third kappa shape index (κ3) is 5.45. The molecule has 2 rings (SSSR count). The molecule has 25 heavy (non-hydrogen) atoms. The van der Waals surface area contributed by atoms with Crippen LogP contribution in [0.25, 0.3) is 0 Å². The van der Waals surface area contributed by atoms with Crippen LogP contribution in [0.5, 0.6) is 0 Å². The van der Waals surface area contributed by atoms with Gasteiger partial charge in [-0.3, -0.25) is 9.59 Å². The van der Waals surface area contributed by atoms with E-state index < -0.39 is 0 Å². The van der Waals surface area contributed by atoms with Crippen molar-refractivity contribution in [3.05, 3.63) is 71.8 Å². The SMILES string of the molecule is CCOC(=O)CN(Cc1ccccc1)C(=O)C(CC)c1ccccc1. The van der Waals surface area contributed by atoms with Gasteiger partial charge in [0.25, 0.3) is 0 Å². The van der Waals surface area contributed by atoms with Gasteiger partial charge in [0.15, 0.2) is 0 Å². The van der Waals surface area contributed by atoms with Crippen molar-refractivity contribution in [3.8, 4) is 0 Å². The summed E-state index contributed by atoms with van der Waals surface area (Å²) in [5.41, 5.74) is 1.96. The third-order valence-electron chi connectivity index (χ3n) is 4.06. The summed E-state index contributed by atoms with van der Waals surface area (Å²) in [6, 6.07) is 19.4. The zero-order chi connectivity index (χ0) is 18.1. The zero-order valence-electron chi connectivity index (χ0n) is 14.9. The molecule has 0 aliphatic carbocycles. The molecule has 132 valence electrons. The highest BCUT2D eigenvalue weighted by atomic mass is 16.5. The van der Waals surface area contributed by atoms with E-state index in [1.807, 2.05) is 67.6 Å². The molecule has 0 fully saturated rings. The van der Waals surface area contributed by atoms with E-state index in [0.717, 1.165) is 11.1 Å². The number of benzene rings is 2. The summed E-state index contributed by atoms with van der Waals surface area (Å²) < 4.78 is 5.05. The molecular formula is C21H25NO3. The molecule has 1 atom stereocenters. The molecule has 0 aliphatic rings. The summed E-state index contributed by atoms with van der Waals surface area (Å²) in [7, 11) is 0. The highest BCUT2D eigenvalue weighted by molar-refractivity contribution is 5.87. The molecule has 0 spiro atoms. The molecule has 1 unspecified atom stereocenters. The van der Waals surface area contributed by atoms with E-state index in [-0.39, 0.29) is 24.3 Å². The van der Waals surface area contributed by atoms with Gasteiger partial charge < -0.3 is 9.64 Å². The zero-order valence-corrected chi connectivity index (χ0v) is 14.9. The Balaban J connectivity index is 2.22. The molecule has 0 aromatic heterocycles. The predicted octanol–water partition coefficient (Wildman–Crippen LogP) is 3.77. The molecule has 1 amide bonds. The van der Waals surface area contributed by atoms with Crippen molar-refractivity contribution in [2.45, 2.75) is 32.7 Å². The minimum Gasteiger partial charge on any atom is -0.465 e. The van der Waals surface area contributed by atoms with Crippen LogP contribution < -0.4 is 0 Å². The number of carbonyl (C=O) groups excluding carboxylic acids is 2. The lowest BCUT2D eigenvalue weighted by Crippen LogP contribution is -2.39. The van der Waals surface area contributed by atoms with Gasteiger partial charge in [-0.25, -0.2) is 0 Å². The number of rotatable bonds is 8. The first kappa shape index (κ1) is 18.7. The van der Waals surface area contributed by atoms with Crippen LogP contribution in [0.15, 0.2) is 60.7 Å². The Morgan fingerprint density at radius 1 is 0.960 bits per heavy atom. The topological polar surface area (TPSA) is 46.6 Å². The van der Waals surface area contributed by atoms with Crippen LogP contribution in [0.3, 0.4) is 0 Å². The van der Waals surface area contributed by atoms with E-state index in [1.54, 1.807) is 11.8 Å². The van der Waals surface area contributed by atoms with Crippen LogP contribution in [0.1, 0.15) is 37.3 Å². The Morgan fingerprint density at radius 3 is 2.12 bits per heavy atom. The van der Waals surface area contributed by atoms with Crippen molar-refractivity contribution in [1.29, 1.82) is 0 Å². The summed E-state index contributed by atoms with van der Waals surface area (Å²) in [6.45, 7) is 4.41. The summed E-state index contributed by atoms with van der Waals surface area (Å²) in [6.07, 6.45) is 0.678. The molecule has 0 bridgehead atoms. The lowest BCUT2D eigenvalue weighted by atomic mass is 9.95. The normalized spacial score (nSPS) is 11.6. The Hall–Kier alpha value is -2.62. The fourth-order valence-electron chi connectivity index (χ4n) is 2.84. The van der Waals surface area contributed by atoms with Crippen molar-refractivity contribution < 1.29 is 14.3 Å². The number of amides is 1. The monoisotopic (exact) mass is 339 g/mol. The quantitative estimate of drug-likeness (QED) is 0.688. The Kier molecular flexibility index (Phi) is 7.20. The first-order chi connectivity index (χ1) is 12.2. The van der Waals surface area contributed by atoms with Gasteiger partial charge in [-0.15, -0.1) is 0 Å². The van der Waals surface area contributed by atoms with Crippen LogP contribution in [-0.2, 0) is 20.9 Å². The van der Waals surface area contributed by atoms with E-state index in [1.165, 1.54) is 0 Å². The molecule has 4 nitrogen and oxygen atoms in total. The van der Waals surface area contributed by atoms with Crippen LogP contribution in [0.2, 0.25) is 0 Å². The number of hydrogen-bond acceptors (Lipinski definition) is 3. The number of ether oxygens (including phenoxy) is 1. The van der Waals surface area contributed by atoms with Gasteiger partial charge >= 0.3 is 5.97 Å². The maximum absolute atomic E-state index is 13.1. The van der Waals surface area contributed by atoms with Crippen molar-refractivity contribution in [2.75, 3.05) is 13.2 Å². The molecule has 0 aliphatic heterocycles. The fourth-order valence-corrected chi connectivity index (χ4v) is 2.84. The first-order valence-corrected chi connectivity index (χ1v) is 8.69. The van der Waals surface area contributed by atoms with E-state index in [4.69, 9.17) is 4.74 Å². The Bertz CT molecular complexity index is 670. The van der Waals surface area contributed by atoms with Crippen LogP contribution >= 0.6 is 0 Å². The first-order valence-electron chi connectivity index (χ1n) is 8.69. The van der Waals surface area contributed by atoms with Gasteiger partial charge in [0.2, 0.25) is 5.91 Å².